The van der Waals surface area contributed by atoms with Crippen LogP contribution in [-0.2, 0) is 0 Å². The third-order valence-corrected chi connectivity index (χ3v) is 3.02. The summed E-state index contributed by atoms with van der Waals surface area (Å²) in [7, 11) is 1.50. The van der Waals surface area contributed by atoms with E-state index in [9.17, 15) is 9.59 Å². The minimum absolute atomic E-state index is 0.120. The predicted octanol–water partition coefficient (Wildman–Crippen LogP) is 1.57. The van der Waals surface area contributed by atoms with E-state index in [0.717, 1.165) is 11.1 Å². The van der Waals surface area contributed by atoms with Gasteiger partial charge in [-0.1, -0.05) is 36.4 Å². The molecule has 1 amide bonds. The van der Waals surface area contributed by atoms with Crippen LogP contribution >= 0.6 is 0 Å². The van der Waals surface area contributed by atoms with Crippen molar-refractivity contribution in [1.29, 1.82) is 0 Å². The number of carbonyl (C=O) groups is 2. The van der Waals surface area contributed by atoms with Crippen LogP contribution in [0, 0.1) is 0 Å². The van der Waals surface area contributed by atoms with Gasteiger partial charge in [0.15, 0.2) is 5.78 Å². The monoisotopic (exact) mass is 254 g/mol. The Hall–Kier alpha value is -2.46. The standard InChI is InChI=1S/C14H9NO2.CH5N/c15-14(17)11-7-3-6-9-8-4-1-2-5-10(8)13(16)12(9)11;1-2/h1-7H,(H2,15,17);2H2,1H3. The summed E-state index contributed by atoms with van der Waals surface area (Å²) >= 11 is 0. The zero-order valence-electron chi connectivity index (χ0n) is 10.5. The third kappa shape index (κ3) is 1.92. The maximum absolute atomic E-state index is 12.2. The minimum Gasteiger partial charge on any atom is -0.366 e. The molecule has 0 spiro atoms. The first-order valence-electron chi connectivity index (χ1n) is 5.85. The molecule has 0 fully saturated rings. The van der Waals surface area contributed by atoms with Crippen molar-refractivity contribution in [2.45, 2.75) is 0 Å². The number of ketones is 1. The number of hydrogen-bond donors (Lipinski definition) is 2. The molecule has 0 saturated heterocycles. The van der Waals surface area contributed by atoms with Gasteiger partial charge in [0.1, 0.15) is 0 Å². The van der Waals surface area contributed by atoms with Gasteiger partial charge in [-0.3, -0.25) is 9.59 Å². The van der Waals surface area contributed by atoms with Crippen molar-refractivity contribution in [3.8, 4) is 11.1 Å². The second-order valence-electron chi connectivity index (χ2n) is 3.97. The number of rotatable bonds is 1. The first-order chi connectivity index (χ1) is 9.20. The maximum atomic E-state index is 12.2. The van der Waals surface area contributed by atoms with E-state index in [1.54, 1.807) is 18.2 Å². The van der Waals surface area contributed by atoms with E-state index in [2.05, 4.69) is 5.73 Å². The van der Waals surface area contributed by atoms with Gasteiger partial charge in [0.2, 0.25) is 5.91 Å². The molecule has 1 aliphatic carbocycles. The first-order valence-corrected chi connectivity index (χ1v) is 5.85. The average Bonchev–Trinajstić information content (AvgIpc) is 2.75. The molecule has 0 atom stereocenters. The molecular weight excluding hydrogens is 240 g/mol. The molecule has 0 saturated carbocycles. The molecule has 0 aliphatic heterocycles. The highest BCUT2D eigenvalue weighted by Gasteiger charge is 2.29. The summed E-state index contributed by atoms with van der Waals surface area (Å²) in [6.07, 6.45) is 0. The van der Waals surface area contributed by atoms with Gasteiger partial charge in [0.25, 0.3) is 0 Å². The summed E-state index contributed by atoms with van der Waals surface area (Å²) in [6, 6.07) is 12.5. The van der Waals surface area contributed by atoms with Crippen molar-refractivity contribution >= 4 is 11.7 Å². The molecule has 19 heavy (non-hydrogen) atoms. The highest BCUT2D eigenvalue weighted by Crippen LogP contribution is 2.37. The van der Waals surface area contributed by atoms with E-state index in [1.165, 1.54) is 7.05 Å². The Morgan fingerprint density at radius 2 is 1.47 bits per heavy atom. The van der Waals surface area contributed by atoms with Crippen LogP contribution in [0.1, 0.15) is 26.3 Å². The number of amides is 1. The lowest BCUT2D eigenvalue weighted by Gasteiger charge is -2.02. The van der Waals surface area contributed by atoms with Crippen molar-refractivity contribution in [1.82, 2.24) is 0 Å². The molecule has 2 aromatic carbocycles. The quantitative estimate of drug-likeness (QED) is 0.691. The number of primary amides is 1. The van der Waals surface area contributed by atoms with E-state index < -0.39 is 5.91 Å². The van der Waals surface area contributed by atoms with Crippen molar-refractivity contribution in [2.75, 3.05) is 7.05 Å². The fourth-order valence-corrected chi connectivity index (χ4v) is 2.28. The van der Waals surface area contributed by atoms with Crippen LogP contribution in [0.2, 0.25) is 0 Å². The molecular formula is C15H14N2O2. The van der Waals surface area contributed by atoms with E-state index in [1.807, 2.05) is 24.3 Å². The number of fused-ring (bicyclic) bond motifs is 3. The number of nitrogens with two attached hydrogens (primary N) is 2. The van der Waals surface area contributed by atoms with Crippen molar-refractivity contribution in [2.24, 2.45) is 11.5 Å². The van der Waals surface area contributed by atoms with Gasteiger partial charge in [0.05, 0.1) is 5.56 Å². The van der Waals surface area contributed by atoms with Crippen LogP contribution in [0.3, 0.4) is 0 Å². The molecule has 0 unspecified atom stereocenters. The topological polar surface area (TPSA) is 86.2 Å². The van der Waals surface area contributed by atoms with E-state index >= 15 is 0 Å². The Morgan fingerprint density at radius 3 is 2.11 bits per heavy atom. The molecule has 1 aliphatic rings. The van der Waals surface area contributed by atoms with Crippen molar-refractivity contribution in [3.05, 3.63) is 59.2 Å². The predicted molar refractivity (Wildman–Crippen MR) is 73.9 cm³/mol. The van der Waals surface area contributed by atoms with Crippen LogP contribution in [-0.4, -0.2) is 18.7 Å². The Kier molecular flexibility index (Phi) is 3.44. The van der Waals surface area contributed by atoms with Crippen LogP contribution in [0.5, 0.6) is 0 Å². The second-order valence-corrected chi connectivity index (χ2v) is 3.97. The molecule has 2 aromatic rings. The summed E-state index contributed by atoms with van der Waals surface area (Å²) in [6.45, 7) is 0. The lowest BCUT2D eigenvalue weighted by Crippen LogP contribution is -2.15. The molecule has 0 aromatic heterocycles. The van der Waals surface area contributed by atoms with Crippen LogP contribution in [0.15, 0.2) is 42.5 Å². The SMILES string of the molecule is CN.NC(=O)c1cccc2c1C(=O)c1ccccc1-2. The smallest absolute Gasteiger partial charge is 0.249 e. The van der Waals surface area contributed by atoms with Gasteiger partial charge in [-0.2, -0.15) is 0 Å². The molecule has 0 bridgehead atoms. The summed E-state index contributed by atoms with van der Waals surface area (Å²) in [5, 5.41) is 0. The molecule has 96 valence electrons. The zero-order valence-corrected chi connectivity index (χ0v) is 10.5. The number of carbonyl (C=O) groups excluding carboxylic acids is 2. The van der Waals surface area contributed by atoms with E-state index in [4.69, 9.17) is 5.73 Å². The minimum atomic E-state index is -0.567. The lowest BCUT2D eigenvalue weighted by atomic mass is 10.0. The third-order valence-electron chi connectivity index (χ3n) is 3.02. The Bertz CT molecular complexity index is 663. The number of hydrogen-bond acceptors (Lipinski definition) is 3. The average molecular weight is 254 g/mol. The van der Waals surface area contributed by atoms with Gasteiger partial charge in [-0.25, -0.2) is 0 Å². The van der Waals surface area contributed by atoms with Gasteiger partial charge in [-0.15, -0.1) is 0 Å². The Labute approximate surface area is 111 Å². The molecule has 4 N–H and O–H groups in total. The van der Waals surface area contributed by atoms with Crippen LogP contribution in [0.4, 0.5) is 0 Å². The summed E-state index contributed by atoms with van der Waals surface area (Å²) in [5.41, 5.74) is 12.8. The molecule has 0 radical (unpaired) electrons. The van der Waals surface area contributed by atoms with Crippen LogP contribution < -0.4 is 11.5 Å². The normalized spacial score (nSPS) is 11.2. The van der Waals surface area contributed by atoms with Gasteiger partial charge in [0, 0.05) is 11.1 Å². The van der Waals surface area contributed by atoms with Gasteiger partial charge < -0.3 is 11.5 Å². The first kappa shape index (κ1) is 13.0. The fraction of sp³-hybridized carbons (Fsp3) is 0.0667. The lowest BCUT2D eigenvalue weighted by molar-refractivity contribution is 0.0983. The molecule has 3 rings (SSSR count). The zero-order chi connectivity index (χ0) is 14.0. The summed E-state index contributed by atoms with van der Waals surface area (Å²) in [5.74, 6) is -0.687. The molecule has 4 heteroatoms. The fourth-order valence-electron chi connectivity index (χ4n) is 2.28. The molecule has 0 heterocycles. The molecule has 4 nitrogen and oxygen atoms in total. The highest BCUT2D eigenvalue weighted by atomic mass is 16.1. The van der Waals surface area contributed by atoms with E-state index in [-0.39, 0.29) is 5.78 Å². The van der Waals surface area contributed by atoms with Crippen molar-refractivity contribution < 1.29 is 9.59 Å². The van der Waals surface area contributed by atoms with Crippen LogP contribution in [0.25, 0.3) is 11.1 Å². The Balaban J connectivity index is 0.000000637. The highest BCUT2D eigenvalue weighted by molar-refractivity contribution is 6.25. The van der Waals surface area contributed by atoms with Gasteiger partial charge in [-0.05, 0) is 24.2 Å². The summed E-state index contributed by atoms with van der Waals surface area (Å²) in [4.78, 5) is 23.5. The van der Waals surface area contributed by atoms with Crippen molar-refractivity contribution in [3.63, 3.8) is 0 Å². The summed E-state index contributed by atoms with van der Waals surface area (Å²) < 4.78 is 0. The maximum Gasteiger partial charge on any atom is 0.249 e. The van der Waals surface area contributed by atoms with E-state index in [0.29, 0.717) is 16.7 Å². The second kappa shape index (κ2) is 5.04. The van der Waals surface area contributed by atoms with Gasteiger partial charge >= 0.3 is 0 Å². The Morgan fingerprint density at radius 1 is 0.895 bits per heavy atom. The number of benzene rings is 2. The largest absolute Gasteiger partial charge is 0.366 e.